The van der Waals surface area contributed by atoms with Gasteiger partial charge in [0.2, 0.25) is 0 Å². The number of rotatable bonds is 18. The smallest absolute Gasteiger partial charge is 0.386 e. The maximum absolute atomic E-state index is 11.9. The van der Waals surface area contributed by atoms with Gasteiger partial charge in [0, 0.05) is 6.42 Å². The van der Waals surface area contributed by atoms with Gasteiger partial charge in [0.1, 0.15) is 0 Å². The van der Waals surface area contributed by atoms with E-state index in [1.165, 1.54) is 77.0 Å². The lowest BCUT2D eigenvalue weighted by molar-refractivity contribution is -0.201. The highest BCUT2D eigenvalue weighted by molar-refractivity contribution is 5.88. The lowest BCUT2D eigenvalue weighted by atomic mass is 10.0. The molecule has 0 atom stereocenters. The lowest BCUT2D eigenvalue weighted by Crippen LogP contribution is -2.27. The van der Waals surface area contributed by atoms with Crippen molar-refractivity contribution >= 4 is 11.9 Å². The van der Waals surface area contributed by atoms with Crippen molar-refractivity contribution in [3.05, 3.63) is 0 Å². The van der Waals surface area contributed by atoms with E-state index in [-0.39, 0.29) is 6.42 Å². The molecule has 0 unspecified atom stereocenters. The first kappa shape index (κ1) is 26.9. The van der Waals surface area contributed by atoms with Crippen molar-refractivity contribution in [1.82, 2.24) is 0 Å². The molecule has 0 saturated carbocycles. The second-order valence-electron chi connectivity index (χ2n) is 7.67. The predicted octanol–water partition coefficient (Wildman–Crippen LogP) is 7.66. The zero-order chi connectivity index (χ0) is 21.1. The van der Waals surface area contributed by atoms with Crippen molar-refractivity contribution in [3.63, 3.8) is 0 Å². The average Bonchev–Trinajstić information content (AvgIpc) is 2.63. The molecule has 28 heavy (non-hydrogen) atoms. The number of esters is 2. The highest BCUT2D eigenvalue weighted by atomic mass is 19.4. The van der Waals surface area contributed by atoms with Crippen LogP contribution in [0.1, 0.15) is 122 Å². The maximum atomic E-state index is 11.9. The van der Waals surface area contributed by atoms with E-state index in [4.69, 9.17) is 0 Å². The lowest BCUT2D eigenvalue weighted by Gasteiger charge is -2.05. The van der Waals surface area contributed by atoms with Crippen molar-refractivity contribution in [1.29, 1.82) is 0 Å². The van der Waals surface area contributed by atoms with Crippen LogP contribution in [0.5, 0.6) is 0 Å². The van der Waals surface area contributed by atoms with E-state index in [0.717, 1.165) is 25.7 Å². The Balaban J connectivity index is 3.24. The van der Waals surface area contributed by atoms with Crippen LogP contribution >= 0.6 is 0 Å². The Morgan fingerprint density at radius 2 is 0.929 bits per heavy atom. The molecule has 0 aromatic carbocycles. The number of unbranched alkanes of at least 4 members (excludes halogenated alkanes) is 16. The van der Waals surface area contributed by atoms with E-state index >= 15 is 0 Å². The van der Waals surface area contributed by atoms with Crippen molar-refractivity contribution in [2.24, 2.45) is 0 Å². The third kappa shape index (κ3) is 18.3. The molecule has 166 valence electrons. The summed E-state index contributed by atoms with van der Waals surface area (Å²) in [5, 5.41) is 0. The molecule has 0 aromatic heterocycles. The standard InChI is InChI=1S/C22H39F3O3/c1-2-3-4-5-6-7-8-9-10-11-12-13-14-15-16-17-18-19-20(26)28-21(27)22(23,24)25/h2-19H2,1H3. The van der Waals surface area contributed by atoms with Crippen molar-refractivity contribution in [3.8, 4) is 0 Å². The van der Waals surface area contributed by atoms with E-state index < -0.39 is 18.1 Å². The minimum atomic E-state index is -5.11. The number of hydrogen-bond donors (Lipinski definition) is 0. The van der Waals surface area contributed by atoms with Gasteiger partial charge < -0.3 is 4.74 Å². The molecule has 0 heterocycles. The topological polar surface area (TPSA) is 43.4 Å². The summed E-state index contributed by atoms with van der Waals surface area (Å²) < 4.78 is 39.5. The molecular formula is C22H39F3O3. The van der Waals surface area contributed by atoms with Gasteiger partial charge in [-0.2, -0.15) is 13.2 Å². The quantitative estimate of drug-likeness (QED) is 0.133. The van der Waals surface area contributed by atoms with Gasteiger partial charge in [0.05, 0.1) is 0 Å². The van der Waals surface area contributed by atoms with Crippen LogP contribution in [0.15, 0.2) is 0 Å². The van der Waals surface area contributed by atoms with Crippen LogP contribution in [0.2, 0.25) is 0 Å². The molecule has 0 saturated heterocycles. The van der Waals surface area contributed by atoms with Gasteiger partial charge in [-0.05, 0) is 6.42 Å². The SMILES string of the molecule is CCCCCCCCCCCCCCCCCCCC(=O)OC(=O)C(F)(F)F. The molecule has 0 fully saturated rings. The summed E-state index contributed by atoms with van der Waals surface area (Å²) in [5.41, 5.74) is 0. The molecule has 0 aliphatic heterocycles. The highest BCUT2D eigenvalue weighted by Crippen LogP contribution is 2.18. The largest absolute Gasteiger partial charge is 0.491 e. The Kier molecular flexibility index (Phi) is 17.3. The summed E-state index contributed by atoms with van der Waals surface area (Å²) in [6, 6.07) is 0. The van der Waals surface area contributed by atoms with Crippen LogP contribution in [-0.2, 0) is 14.3 Å². The molecule has 3 nitrogen and oxygen atoms in total. The second-order valence-corrected chi connectivity index (χ2v) is 7.67. The minimum absolute atomic E-state index is 0.138. The monoisotopic (exact) mass is 408 g/mol. The Labute approximate surface area is 168 Å². The molecule has 0 spiro atoms. The van der Waals surface area contributed by atoms with Crippen LogP contribution in [0.3, 0.4) is 0 Å². The first-order valence-electron chi connectivity index (χ1n) is 11.2. The van der Waals surface area contributed by atoms with Crippen LogP contribution in [0, 0.1) is 0 Å². The molecule has 0 N–H and O–H groups in total. The Morgan fingerprint density at radius 1 is 0.607 bits per heavy atom. The zero-order valence-electron chi connectivity index (χ0n) is 17.6. The van der Waals surface area contributed by atoms with E-state index in [1.54, 1.807) is 0 Å². The molecule has 6 heteroatoms. The second kappa shape index (κ2) is 18.0. The molecule has 0 radical (unpaired) electrons. The number of alkyl halides is 3. The van der Waals surface area contributed by atoms with Gasteiger partial charge >= 0.3 is 18.1 Å². The summed E-state index contributed by atoms with van der Waals surface area (Å²) in [6.45, 7) is 2.24. The number of ether oxygens (including phenoxy) is 1. The number of halogens is 3. The van der Waals surface area contributed by atoms with Crippen LogP contribution in [0.25, 0.3) is 0 Å². The third-order valence-electron chi connectivity index (χ3n) is 4.92. The Morgan fingerprint density at radius 3 is 1.25 bits per heavy atom. The Bertz CT molecular complexity index is 395. The van der Waals surface area contributed by atoms with Gasteiger partial charge in [-0.3, -0.25) is 4.79 Å². The molecule has 0 aliphatic rings. The highest BCUT2D eigenvalue weighted by Gasteiger charge is 2.42. The summed E-state index contributed by atoms with van der Waals surface area (Å²) in [4.78, 5) is 21.6. The summed E-state index contributed by atoms with van der Waals surface area (Å²) in [5.74, 6) is -3.52. The summed E-state index contributed by atoms with van der Waals surface area (Å²) >= 11 is 0. The fourth-order valence-corrected chi connectivity index (χ4v) is 3.21. The molecule has 0 rings (SSSR count). The molecule has 0 aromatic rings. The molecule has 0 aliphatic carbocycles. The molecule has 0 amide bonds. The van der Waals surface area contributed by atoms with E-state index in [2.05, 4.69) is 11.7 Å². The van der Waals surface area contributed by atoms with Crippen LogP contribution < -0.4 is 0 Å². The number of carbonyl (C=O) groups is 2. The van der Waals surface area contributed by atoms with E-state index in [1.807, 2.05) is 0 Å². The first-order chi connectivity index (χ1) is 13.4. The fourth-order valence-electron chi connectivity index (χ4n) is 3.21. The normalized spacial score (nSPS) is 11.6. The van der Waals surface area contributed by atoms with Gasteiger partial charge in [-0.1, -0.05) is 110 Å². The maximum Gasteiger partial charge on any atom is 0.491 e. The predicted molar refractivity (Wildman–Crippen MR) is 106 cm³/mol. The minimum Gasteiger partial charge on any atom is -0.386 e. The summed E-state index contributed by atoms with van der Waals surface area (Å²) in [7, 11) is 0. The fraction of sp³-hybridized carbons (Fsp3) is 0.909. The van der Waals surface area contributed by atoms with Crippen molar-refractivity contribution in [2.75, 3.05) is 0 Å². The van der Waals surface area contributed by atoms with Gasteiger partial charge in [-0.15, -0.1) is 0 Å². The average molecular weight is 409 g/mol. The van der Waals surface area contributed by atoms with E-state index in [9.17, 15) is 22.8 Å². The molecule has 0 bridgehead atoms. The van der Waals surface area contributed by atoms with Gasteiger partial charge in [-0.25, -0.2) is 4.79 Å². The Hall–Kier alpha value is -1.07. The van der Waals surface area contributed by atoms with Crippen LogP contribution in [0.4, 0.5) is 13.2 Å². The number of hydrogen-bond acceptors (Lipinski definition) is 3. The zero-order valence-corrected chi connectivity index (χ0v) is 17.6. The first-order valence-corrected chi connectivity index (χ1v) is 11.2. The summed E-state index contributed by atoms with van der Waals surface area (Å²) in [6.07, 6.45) is 15.2. The number of carbonyl (C=O) groups excluding carboxylic acids is 2. The van der Waals surface area contributed by atoms with Crippen molar-refractivity contribution in [2.45, 2.75) is 129 Å². The van der Waals surface area contributed by atoms with Crippen LogP contribution in [-0.4, -0.2) is 18.1 Å². The third-order valence-corrected chi connectivity index (χ3v) is 4.92. The van der Waals surface area contributed by atoms with Gasteiger partial charge in [0.15, 0.2) is 0 Å². The van der Waals surface area contributed by atoms with Gasteiger partial charge in [0.25, 0.3) is 0 Å². The van der Waals surface area contributed by atoms with Crippen molar-refractivity contribution < 1.29 is 27.5 Å². The van der Waals surface area contributed by atoms with E-state index in [0.29, 0.717) is 6.42 Å². The molecular weight excluding hydrogens is 369 g/mol.